The molecule has 1 aliphatic heterocycles. The molecule has 2 atom stereocenters. The smallest absolute Gasteiger partial charge is 0.245 e. The van der Waals surface area contributed by atoms with Crippen LogP contribution in [0.5, 0.6) is 0 Å². The van der Waals surface area contributed by atoms with E-state index >= 15 is 0 Å². The maximum Gasteiger partial charge on any atom is 0.245 e. The maximum absolute atomic E-state index is 12.8. The molecule has 3 rings (SSSR count). The van der Waals surface area contributed by atoms with Gasteiger partial charge in [-0.05, 0) is 43.1 Å². The first kappa shape index (κ1) is 17.0. The van der Waals surface area contributed by atoms with Crippen molar-refractivity contribution < 1.29 is 9.59 Å². The number of carbonyl (C=O) groups is 2. The maximum atomic E-state index is 12.8. The fraction of sp³-hybridized carbons (Fsp3) is 0.600. The van der Waals surface area contributed by atoms with Crippen LogP contribution in [0.2, 0.25) is 0 Å². The fourth-order valence-corrected chi connectivity index (χ4v) is 3.59. The molecule has 2 amide bonds. The van der Waals surface area contributed by atoms with Gasteiger partial charge in [-0.1, -0.05) is 37.3 Å². The number of rotatable bonds is 7. The molecule has 1 heterocycles. The lowest BCUT2D eigenvalue weighted by molar-refractivity contribution is -0.135. The molecule has 2 fully saturated rings. The largest absolute Gasteiger partial charge is 0.344 e. The van der Waals surface area contributed by atoms with Crippen LogP contribution in [0.3, 0.4) is 0 Å². The quantitative estimate of drug-likeness (QED) is 0.837. The molecule has 24 heavy (non-hydrogen) atoms. The van der Waals surface area contributed by atoms with Crippen molar-refractivity contribution in [3.8, 4) is 0 Å². The van der Waals surface area contributed by atoms with Crippen LogP contribution < -0.4 is 5.32 Å². The van der Waals surface area contributed by atoms with E-state index in [4.69, 9.17) is 0 Å². The zero-order chi connectivity index (χ0) is 16.9. The van der Waals surface area contributed by atoms with Crippen molar-refractivity contribution in [2.45, 2.75) is 51.5 Å². The molecule has 1 saturated heterocycles. The van der Waals surface area contributed by atoms with E-state index in [-0.39, 0.29) is 11.8 Å². The topological polar surface area (TPSA) is 49.4 Å². The Hall–Kier alpha value is -1.84. The predicted octanol–water partition coefficient (Wildman–Crippen LogP) is 2.77. The first-order valence-corrected chi connectivity index (χ1v) is 9.25. The number of hydrogen-bond acceptors (Lipinski definition) is 2. The Labute approximate surface area is 144 Å². The second-order valence-electron chi connectivity index (χ2n) is 7.36. The summed E-state index contributed by atoms with van der Waals surface area (Å²) in [7, 11) is 0. The third-order valence-corrected chi connectivity index (χ3v) is 5.27. The summed E-state index contributed by atoms with van der Waals surface area (Å²) >= 11 is 0. The minimum absolute atomic E-state index is 0.0166. The van der Waals surface area contributed by atoms with Gasteiger partial charge >= 0.3 is 0 Å². The average Bonchev–Trinajstić information content (AvgIpc) is 3.29. The van der Waals surface area contributed by atoms with Gasteiger partial charge in [0.1, 0.15) is 6.04 Å². The third-order valence-electron chi connectivity index (χ3n) is 5.27. The number of benzene rings is 1. The van der Waals surface area contributed by atoms with Crippen molar-refractivity contribution in [1.82, 2.24) is 10.2 Å². The molecule has 1 aromatic rings. The Morgan fingerprint density at radius 1 is 1.17 bits per heavy atom. The van der Waals surface area contributed by atoms with E-state index in [1.807, 2.05) is 35.2 Å². The summed E-state index contributed by atoms with van der Waals surface area (Å²) in [5.74, 6) is 1.22. The highest BCUT2D eigenvalue weighted by Gasteiger charge is 2.31. The molecular formula is C20H28N2O2. The fourth-order valence-electron chi connectivity index (χ4n) is 3.59. The normalized spacial score (nSPS) is 19.8. The van der Waals surface area contributed by atoms with E-state index < -0.39 is 6.04 Å². The molecule has 4 heteroatoms. The molecule has 1 saturated carbocycles. The van der Waals surface area contributed by atoms with Gasteiger partial charge in [0.25, 0.3) is 0 Å². The molecule has 0 radical (unpaired) electrons. The first-order chi connectivity index (χ1) is 11.6. The highest BCUT2D eigenvalue weighted by molar-refractivity contribution is 5.88. The Morgan fingerprint density at radius 2 is 1.83 bits per heavy atom. The minimum atomic E-state index is -0.440. The summed E-state index contributed by atoms with van der Waals surface area (Å²) < 4.78 is 0. The number of likely N-dealkylation sites (tertiary alicyclic amines) is 1. The summed E-state index contributed by atoms with van der Waals surface area (Å²) in [6, 6.07) is 9.51. The molecule has 1 aliphatic carbocycles. The minimum Gasteiger partial charge on any atom is -0.344 e. The lowest BCUT2D eigenvalue weighted by atomic mass is 10.0. The molecule has 130 valence electrons. The van der Waals surface area contributed by atoms with Gasteiger partial charge in [0, 0.05) is 25.9 Å². The van der Waals surface area contributed by atoms with Gasteiger partial charge in [-0.25, -0.2) is 0 Å². The standard InChI is InChI=1S/C20H28N2O2/c1-15(17-9-10-17)13-19(23)21-18(14-16-7-3-2-4-8-16)20(24)22-11-5-6-12-22/h2-4,7-8,15,17-18H,5-6,9-14H2,1H3,(H,21,23)/t15-,18+/m1/s1. The van der Waals surface area contributed by atoms with Crippen LogP contribution >= 0.6 is 0 Å². The van der Waals surface area contributed by atoms with Crippen LogP contribution in [0.1, 0.15) is 44.6 Å². The summed E-state index contributed by atoms with van der Waals surface area (Å²) in [4.78, 5) is 27.2. The Kier molecular flexibility index (Phi) is 5.54. The molecule has 1 aromatic carbocycles. The molecule has 0 bridgehead atoms. The number of amides is 2. The molecule has 1 N–H and O–H groups in total. The lowest BCUT2D eigenvalue weighted by Gasteiger charge is -2.25. The molecule has 4 nitrogen and oxygen atoms in total. The molecule has 0 aromatic heterocycles. The SMILES string of the molecule is C[C@H](CC(=O)N[C@@H](Cc1ccccc1)C(=O)N1CCCC1)C1CC1. The molecule has 0 unspecified atom stereocenters. The Balaban J connectivity index is 1.63. The van der Waals surface area contributed by atoms with Crippen LogP contribution in [0, 0.1) is 11.8 Å². The van der Waals surface area contributed by atoms with E-state index in [2.05, 4.69) is 12.2 Å². The number of carbonyl (C=O) groups excluding carboxylic acids is 2. The summed E-state index contributed by atoms with van der Waals surface area (Å²) in [6.45, 7) is 3.78. The van der Waals surface area contributed by atoms with Gasteiger partial charge < -0.3 is 10.2 Å². The number of hydrogen-bond donors (Lipinski definition) is 1. The van der Waals surface area contributed by atoms with Crippen LogP contribution in [0.4, 0.5) is 0 Å². The van der Waals surface area contributed by atoms with Crippen LogP contribution in [0.15, 0.2) is 30.3 Å². The Bertz CT molecular complexity index is 562. The van der Waals surface area contributed by atoms with Gasteiger partial charge in [-0.3, -0.25) is 9.59 Å². The van der Waals surface area contributed by atoms with Gasteiger partial charge in [0.15, 0.2) is 0 Å². The van der Waals surface area contributed by atoms with Crippen molar-refractivity contribution in [3.63, 3.8) is 0 Å². The van der Waals surface area contributed by atoms with Crippen LogP contribution in [-0.2, 0) is 16.0 Å². The average molecular weight is 328 g/mol. The van der Waals surface area contributed by atoms with Crippen LogP contribution in [-0.4, -0.2) is 35.8 Å². The lowest BCUT2D eigenvalue weighted by Crippen LogP contribution is -2.49. The predicted molar refractivity (Wildman–Crippen MR) is 94.4 cm³/mol. The van der Waals surface area contributed by atoms with Crippen molar-refractivity contribution in [3.05, 3.63) is 35.9 Å². The summed E-state index contributed by atoms with van der Waals surface area (Å²) in [5, 5.41) is 3.03. The number of nitrogens with one attached hydrogen (secondary N) is 1. The third kappa shape index (κ3) is 4.59. The van der Waals surface area contributed by atoms with Crippen molar-refractivity contribution in [2.75, 3.05) is 13.1 Å². The second-order valence-corrected chi connectivity index (χ2v) is 7.36. The Morgan fingerprint density at radius 3 is 2.46 bits per heavy atom. The van der Waals surface area contributed by atoms with Crippen molar-refractivity contribution in [2.24, 2.45) is 11.8 Å². The van der Waals surface area contributed by atoms with Gasteiger partial charge in [0.05, 0.1) is 0 Å². The first-order valence-electron chi connectivity index (χ1n) is 9.25. The summed E-state index contributed by atoms with van der Waals surface area (Å²) in [6.07, 6.45) is 5.72. The highest BCUT2D eigenvalue weighted by Crippen LogP contribution is 2.38. The van der Waals surface area contributed by atoms with Crippen molar-refractivity contribution in [1.29, 1.82) is 0 Å². The molecule has 2 aliphatic rings. The summed E-state index contributed by atoms with van der Waals surface area (Å²) in [5.41, 5.74) is 1.09. The monoisotopic (exact) mass is 328 g/mol. The zero-order valence-corrected chi connectivity index (χ0v) is 14.5. The number of nitrogens with zero attached hydrogens (tertiary/aromatic N) is 1. The second kappa shape index (κ2) is 7.82. The molecular weight excluding hydrogens is 300 g/mol. The van der Waals surface area contributed by atoms with Gasteiger partial charge in [-0.15, -0.1) is 0 Å². The van der Waals surface area contributed by atoms with E-state index in [9.17, 15) is 9.59 Å². The molecule has 0 spiro atoms. The van der Waals surface area contributed by atoms with E-state index in [0.717, 1.165) is 31.5 Å². The van der Waals surface area contributed by atoms with Crippen molar-refractivity contribution >= 4 is 11.8 Å². The van der Waals surface area contributed by atoms with Gasteiger partial charge in [-0.2, -0.15) is 0 Å². The van der Waals surface area contributed by atoms with E-state index in [0.29, 0.717) is 24.7 Å². The van der Waals surface area contributed by atoms with Gasteiger partial charge in [0.2, 0.25) is 11.8 Å². The van der Waals surface area contributed by atoms with E-state index in [1.165, 1.54) is 12.8 Å². The van der Waals surface area contributed by atoms with Crippen LogP contribution in [0.25, 0.3) is 0 Å². The zero-order valence-electron chi connectivity index (χ0n) is 14.5. The van der Waals surface area contributed by atoms with E-state index in [1.54, 1.807) is 0 Å². The highest BCUT2D eigenvalue weighted by atomic mass is 16.2.